The highest BCUT2D eigenvalue weighted by molar-refractivity contribution is 6.42. The molecule has 1 amide bonds. The van der Waals surface area contributed by atoms with Crippen molar-refractivity contribution in [1.82, 2.24) is 9.80 Å². The first kappa shape index (κ1) is 33.0. The molecular formula is C34H42Cl2N2O5. The molecule has 0 radical (unpaired) electrons. The molecule has 232 valence electrons. The Labute approximate surface area is 265 Å². The lowest BCUT2D eigenvalue weighted by atomic mass is 9.56. The van der Waals surface area contributed by atoms with E-state index in [2.05, 4.69) is 31.4 Å². The van der Waals surface area contributed by atoms with E-state index in [-0.39, 0.29) is 42.1 Å². The van der Waals surface area contributed by atoms with Crippen molar-refractivity contribution >= 4 is 41.0 Å². The number of likely N-dealkylation sites (tertiary alicyclic amines) is 1. The van der Waals surface area contributed by atoms with Crippen LogP contribution in [0.2, 0.25) is 10.0 Å². The van der Waals surface area contributed by atoms with Gasteiger partial charge in [0.2, 0.25) is 5.91 Å². The van der Waals surface area contributed by atoms with Crippen LogP contribution in [0.25, 0.3) is 0 Å². The zero-order valence-electron chi connectivity index (χ0n) is 25.5. The average Bonchev–Trinajstić information content (AvgIpc) is 2.93. The van der Waals surface area contributed by atoms with Crippen LogP contribution in [-0.2, 0) is 31.0 Å². The number of ether oxygens (including phenoxy) is 2. The highest BCUT2D eigenvalue weighted by Crippen LogP contribution is 2.51. The molecule has 0 N–H and O–H groups in total. The van der Waals surface area contributed by atoms with E-state index in [4.69, 9.17) is 32.7 Å². The maximum Gasteiger partial charge on any atom is 0.308 e. The summed E-state index contributed by atoms with van der Waals surface area (Å²) in [6, 6.07) is 12.8. The van der Waals surface area contributed by atoms with Gasteiger partial charge in [0.15, 0.2) is 0 Å². The molecule has 4 atom stereocenters. The molecule has 7 nitrogen and oxygen atoms in total. The number of hydrogen-bond donors (Lipinski definition) is 0. The van der Waals surface area contributed by atoms with E-state index in [1.165, 1.54) is 13.8 Å². The van der Waals surface area contributed by atoms with Crippen molar-refractivity contribution in [3.8, 4) is 5.75 Å². The minimum Gasteiger partial charge on any atom is -0.462 e. The summed E-state index contributed by atoms with van der Waals surface area (Å²) in [6.07, 6.45) is 3.70. The molecule has 4 unspecified atom stereocenters. The summed E-state index contributed by atoms with van der Waals surface area (Å²) in [5.74, 6) is -0.0631. The van der Waals surface area contributed by atoms with Gasteiger partial charge in [-0.3, -0.25) is 19.3 Å². The van der Waals surface area contributed by atoms with Gasteiger partial charge in [-0.2, -0.15) is 0 Å². The molecule has 4 rings (SSSR count). The molecule has 0 spiro atoms. The number of rotatable bonds is 10. The van der Waals surface area contributed by atoms with Gasteiger partial charge < -0.3 is 14.4 Å². The van der Waals surface area contributed by atoms with Gasteiger partial charge in [0.1, 0.15) is 11.9 Å². The van der Waals surface area contributed by atoms with Crippen molar-refractivity contribution in [2.45, 2.75) is 70.9 Å². The van der Waals surface area contributed by atoms with Gasteiger partial charge in [-0.05, 0) is 60.7 Å². The SMILES string of the molecule is C=CCN1CCC2(c3cccc(OC(C)=O)c3)CC(N(CC(C)C)C(=O)Cc3ccc(Cl)c(Cl)c3)CC(OC(C)=O)C2C1. The number of benzene rings is 2. The van der Waals surface area contributed by atoms with Crippen LogP contribution >= 0.6 is 23.2 Å². The van der Waals surface area contributed by atoms with Crippen LogP contribution in [0.5, 0.6) is 5.75 Å². The monoisotopic (exact) mass is 628 g/mol. The predicted molar refractivity (Wildman–Crippen MR) is 169 cm³/mol. The summed E-state index contributed by atoms with van der Waals surface area (Å²) in [6.45, 7) is 13.8. The lowest BCUT2D eigenvalue weighted by Gasteiger charge is -2.56. The first-order chi connectivity index (χ1) is 20.4. The number of halogens is 2. The van der Waals surface area contributed by atoms with Crippen molar-refractivity contribution in [2.75, 3.05) is 26.2 Å². The average molecular weight is 630 g/mol. The summed E-state index contributed by atoms with van der Waals surface area (Å²) in [7, 11) is 0. The summed E-state index contributed by atoms with van der Waals surface area (Å²) >= 11 is 12.4. The molecule has 1 aliphatic carbocycles. The molecule has 0 bridgehead atoms. The molecule has 2 fully saturated rings. The van der Waals surface area contributed by atoms with E-state index in [9.17, 15) is 14.4 Å². The van der Waals surface area contributed by atoms with Gasteiger partial charge in [0.25, 0.3) is 0 Å². The third kappa shape index (κ3) is 8.00. The fraction of sp³-hybridized carbons (Fsp3) is 0.500. The zero-order valence-corrected chi connectivity index (χ0v) is 27.0. The molecule has 2 aromatic rings. The first-order valence-corrected chi connectivity index (χ1v) is 15.7. The second-order valence-corrected chi connectivity index (χ2v) is 13.1. The molecule has 0 aromatic heterocycles. The number of carbonyl (C=O) groups excluding carboxylic acids is 3. The number of nitrogens with zero attached hydrogens (tertiary/aromatic N) is 2. The highest BCUT2D eigenvalue weighted by Gasteiger charge is 2.54. The number of carbonyl (C=O) groups is 3. The molecule has 2 aromatic carbocycles. The lowest BCUT2D eigenvalue weighted by Crippen LogP contribution is -2.62. The maximum absolute atomic E-state index is 14.1. The van der Waals surface area contributed by atoms with E-state index in [0.29, 0.717) is 35.2 Å². The van der Waals surface area contributed by atoms with Crippen LogP contribution in [0, 0.1) is 11.8 Å². The molecule has 43 heavy (non-hydrogen) atoms. The van der Waals surface area contributed by atoms with Crippen molar-refractivity contribution in [2.24, 2.45) is 11.8 Å². The van der Waals surface area contributed by atoms with Gasteiger partial charge in [0.05, 0.1) is 16.5 Å². The Morgan fingerprint density at radius 2 is 1.88 bits per heavy atom. The van der Waals surface area contributed by atoms with E-state index in [1.807, 2.05) is 29.2 Å². The van der Waals surface area contributed by atoms with Gasteiger partial charge >= 0.3 is 11.9 Å². The number of hydrogen-bond acceptors (Lipinski definition) is 6. The molecule has 1 saturated heterocycles. The molecule has 2 aliphatic rings. The van der Waals surface area contributed by atoms with Gasteiger partial charge in [-0.15, -0.1) is 6.58 Å². The number of amides is 1. The minimum atomic E-state index is -0.421. The Morgan fingerprint density at radius 1 is 1.12 bits per heavy atom. The molecule has 9 heteroatoms. The topological polar surface area (TPSA) is 76.2 Å². The van der Waals surface area contributed by atoms with Crippen LogP contribution in [0.3, 0.4) is 0 Å². The van der Waals surface area contributed by atoms with Gasteiger partial charge in [-0.25, -0.2) is 0 Å². The van der Waals surface area contributed by atoms with E-state index < -0.39 is 11.5 Å². The largest absolute Gasteiger partial charge is 0.462 e. The summed E-state index contributed by atoms with van der Waals surface area (Å²) in [5.41, 5.74) is 1.40. The summed E-state index contributed by atoms with van der Waals surface area (Å²) < 4.78 is 11.6. The molecular weight excluding hydrogens is 587 g/mol. The highest BCUT2D eigenvalue weighted by atomic mass is 35.5. The van der Waals surface area contributed by atoms with Crippen LogP contribution in [0.1, 0.15) is 58.1 Å². The smallest absolute Gasteiger partial charge is 0.308 e. The number of fused-ring (bicyclic) bond motifs is 1. The van der Waals surface area contributed by atoms with Gasteiger partial charge in [0, 0.05) is 57.3 Å². The van der Waals surface area contributed by atoms with E-state index in [1.54, 1.807) is 18.2 Å². The van der Waals surface area contributed by atoms with Crippen LogP contribution in [-0.4, -0.2) is 66.0 Å². The van der Waals surface area contributed by atoms with Crippen molar-refractivity contribution < 1.29 is 23.9 Å². The quantitative estimate of drug-likeness (QED) is 0.170. The Kier molecular flexibility index (Phi) is 11.0. The molecule has 1 heterocycles. The number of piperidine rings is 1. The van der Waals surface area contributed by atoms with Crippen LogP contribution < -0.4 is 4.74 Å². The van der Waals surface area contributed by atoms with Crippen molar-refractivity contribution in [3.05, 3.63) is 76.3 Å². The lowest BCUT2D eigenvalue weighted by molar-refractivity contribution is -0.161. The van der Waals surface area contributed by atoms with E-state index >= 15 is 0 Å². The fourth-order valence-corrected chi connectivity index (χ4v) is 7.29. The van der Waals surface area contributed by atoms with Crippen molar-refractivity contribution in [3.63, 3.8) is 0 Å². The van der Waals surface area contributed by atoms with Crippen molar-refractivity contribution in [1.29, 1.82) is 0 Å². The van der Waals surface area contributed by atoms with Crippen LogP contribution in [0.4, 0.5) is 0 Å². The Hall–Kier alpha value is -2.87. The maximum atomic E-state index is 14.1. The normalized spacial score (nSPS) is 23.7. The molecule has 1 saturated carbocycles. The first-order valence-electron chi connectivity index (χ1n) is 14.9. The third-order valence-electron chi connectivity index (χ3n) is 8.63. The van der Waals surface area contributed by atoms with Gasteiger partial charge in [-0.1, -0.05) is 61.3 Å². The Balaban J connectivity index is 1.77. The van der Waals surface area contributed by atoms with Crippen LogP contribution in [0.15, 0.2) is 55.1 Å². The standard InChI is InChI=1S/C34H42Cl2N2O5/c1-6-13-37-14-12-34(26-8-7-9-28(17-26)42-23(4)39)19-27(18-32(29(34)21-37)43-24(5)40)38(20-22(2)3)33(41)16-25-10-11-30(35)31(36)15-25/h6-11,15,17,22,27,29,32H,1,12-14,16,18-21H2,2-5H3. The minimum absolute atomic E-state index is 0.00924. The fourth-order valence-electron chi connectivity index (χ4n) is 6.96. The predicted octanol–water partition coefficient (Wildman–Crippen LogP) is 6.49. The third-order valence-corrected chi connectivity index (χ3v) is 9.37. The summed E-state index contributed by atoms with van der Waals surface area (Å²) in [4.78, 5) is 42.7. The number of esters is 2. The Bertz CT molecular complexity index is 1350. The zero-order chi connectivity index (χ0) is 31.3. The second kappa shape index (κ2) is 14.3. The Morgan fingerprint density at radius 3 is 2.53 bits per heavy atom. The second-order valence-electron chi connectivity index (χ2n) is 12.3. The summed E-state index contributed by atoms with van der Waals surface area (Å²) in [5, 5.41) is 0.857. The van der Waals surface area contributed by atoms with E-state index in [0.717, 1.165) is 37.2 Å². The molecule has 1 aliphatic heterocycles.